The SMILES string of the molecule is O=C(CSCCSCCS(=O)CSCCSCSC(=O)CSCCSCCOOCCSCO)OCCSCO. The molecule has 0 aliphatic carbocycles. The minimum atomic E-state index is -0.818. The molecule has 0 amide bonds. The van der Waals surface area contributed by atoms with Crippen molar-refractivity contribution in [2.75, 3.05) is 117 Å². The predicted molar refractivity (Wildman–Crippen MR) is 192 cm³/mol. The average molecular weight is 755 g/mol. The van der Waals surface area contributed by atoms with Crippen LogP contribution in [0, 0.1) is 0 Å². The Kier molecular flexibility index (Phi) is 37.8. The normalized spacial score (nSPS) is 12.1. The van der Waals surface area contributed by atoms with Gasteiger partial charge >= 0.3 is 5.97 Å². The van der Waals surface area contributed by atoms with Crippen molar-refractivity contribution >= 4 is 128 Å². The lowest BCUT2D eigenvalue weighted by Crippen LogP contribution is -2.10. The van der Waals surface area contributed by atoms with Crippen molar-refractivity contribution in [3.63, 3.8) is 0 Å². The highest BCUT2D eigenvalue weighted by Crippen LogP contribution is 2.18. The molecule has 0 saturated carbocycles. The summed E-state index contributed by atoms with van der Waals surface area (Å²) in [7, 11) is -0.818. The second kappa shape index (κ2) is 35.8. The van der Waals surface area contributed by atoms with E-state index in [0.717, 1.165) is 51.1 Å². The molecule has 238 valence electrons. The number of aliphatic hydroxyl groups excluding tert-OH is 2. The highest BCUT2D eigenvalue weighted by molar-refractivity contribution is 8.25. The Labute approximate surface area is 280 Å². The van der Waals surface area contributed by atoms with Gasteiger partial charge in [-0.15, -0.1) is 58.8 Å². The first-order valence-electron chi connectivity index (χ1n) is 12.3. The maximum atomic E-state index is 12.1. The molecule has 0 aromatic rings. The summed E-state index contributed by atoms with van der Waals surface area (Å²) in [6, 6.07) is 0. The molecule has 0 heterocycles. The second-order valence-electron chi connectivity index (χ2n) is 6.98. The van der Waals surface area contributed by atoms with Crippen LogP contribution in [-0.2, 0) is 34.9 Å². The zero-order valence-corrected chi connectivity index (χ0v) is 30.7. The molecule has 1 atom stereocenters. The Balaban J connectivity index is 3.32. The summed E-state index contributed by atoms with van der Waals surface area (Å²) < 4.78 is 17.2. The van der Waals surface area contributed by atoms with Crippen molar-refractivity contribution < 1.29 is 38.5 Å². The minimum Gasteiger partial charge on any atom is -0.464 e. The number of esters is 1. The molecule has 8 nitrogen and oxygen atoms in total. The lowest BCUT2D eigenvalue weighted by Gasteiger charge is -2.05. The number of carbonyl (C=O) groups excluding carboxylic acids is 2. The first-order chi connectivity index (χ1) is 19.6. The van der Waals surface area contributed by atoms with Crippen LogP contribution in [0.5, 0.6) is 0 Å². The van der Waals surface area contributed by atoms with Crippen LogP contribution in [0.4, 0.5) is 0 Å². The fraction of sp³-hybridized carbons (Fsp3) is 0.909. The molecule has 0 spiro atoms. The maximum absolute atomic E-state index is 12.1. The molecule has 0 aliphatic heterocycles. The van der Waals surface area contributed by atoms with Gasteiger partial charge in [-0.25, -0.2) is 9.78 Å². The van der Waals surface area contributed by atoms with E-state index in [1.807, 2.05) is 0 Å². The zero-order valence-electron chi connectivity index (χ0n) is 22.6. The van der Waals surface area contributed by atoms with Gasteiger partial charge in [0, 0.05) is 79.2 Å². The second-order valence-corrected chi connectivity index (χ2v) is 19.3. The summed E-state index contributed by atoms with van der Waals surface area (Å²) in [4.78, 5) is 33.5. The highest BCUT2D eigenvalue weighted by Gasteiger charge is 2.05. The van der Waals surface area contributed by atoms with Crippen LogP contribution in [0.1, 0.15) is 0 Å². The number of aliphatic hydroxyl groups is 2. The van der Waals surface area contributed by atoms with Gasteiger partial charge in [-0.2, -0.15) is 35.3 Å². The molecule has 18 heteroatoms. The van der Waals surface area contributed by atoms with Crippen LogP contribution in [0.2, 0.25) is 0 Å². The predicted octanol–water partition coefficient (Wildman–Crippen LogP) is 4.17. The number of hydrogen-bond acceptors (Lipinski definition) is 17. The maximum Gasteiger partial charge on any atom is 0.315 e. The number of carbonyl (C=O) groups is 2. The van der Waals surface area contributed by atoms with Gasteiger partial charge in [0.15, 0.2) is 5.12 Å². The van der Waals surface area contributed by atoms with Gasteiger partial charge in [0.05, 0.1) is 41.7 Å². The van der Waals surface area contributed by atoms with Crippen molar-refractivity contribution in [1.82, 2.24) is 0 Å². The van der Waals surface area contributed by atoms with Gasteiger partial charge in [0.2, 0.25) is 0 Å². The van der Waals surface area contributed by atoms with E-state index in [4.69, 9.17) is 24.7 Å². The standard InChI is InChI=1S/C22H42O8S10/c23-17-35-4-1-28-21(25)15-33-9-8-32-13-14-40(27)20-38-12-11-37-19-39-22(26)16-34-10-7-31-5-2-29-30-3-6-36-18-24/h23-24H,1-20H2. The topological polar surface area (TPSA) is 119 Å². The lowest BCUT2D eigenvalue weighted by molar-refractivity contribution is -0.285. The van der Waals surface area contributed by atoms with Crippen LogP contribution in [0.25, 0.3) is 0 Å². The summed E-state index contributed by atoms with van der Waals surface area (Å²) in [5.74, 6) is 10.1. The van der Waals surface area contributed by atoms with Gasteiger partial charge in [-0.3, -0.25) is 13.8 Å². The number of hydrogen-bond donors (Lipinski definition) is 2. The van der Waals surface area contributed by atoms with E-state index in [1.165, 1.54) is 35.3 Å². The van der Waals surface area contributed by atoms with E-state index in [1.54, 1.807) is 70.6 Å². The Hall–Kier alpha value is 2.28. The highest BCUT2D eigenvalue weighted by atomic mass is 32.2. The molecule has 1 unspecified atom stereocenters. The van der Waals surface area contributed by atoms with Crippen molar-refractivity contribution in [3.8, 4) is 0 Å². The van der Waals surface area contributed by atoms with E-state index in [0.29, 0.717) is 53.7 Å². The molecule has 0 aromatic heterocycles. The Bertz CT molecular complexity index is 610. The van der Waals surface area contributed by atoms with E-state index in [9.17, 15) is 13.8 Å². The van der Waals surface area contributed by atoms with Gasteiger partial charge < -0.3 is 14.9 Å². The fourth-order valence-electron chi connectivity index (χ4n) is 2.13. The largest absolute Gasteiger partial charge is 0.464 e. The lowest BCUT2D eigenvalue weighted by atomic mass is 10.8. The summed E-state index contributed by atoms with van der Waals surface area (Å²) in [5.41, 5.74) is 0. The van der Waals surface area contributed by atoms with Crippen LogP contribution >= 0.6 is 106 Å². The third kappa shape index (κ3) is 34.8. The molecule has 0 aliphatic rings. The van der Waals surface area contributed by atoms with Gasteiger partial charge in [0.25, 0.3) is 0 Å². The van der Waals surface area contributed by atoms with Crippen molar-refractivity contribution in [2.24, 2.45) is 0 Å². The minimum absolute atomic E-state index is 0.0410. The molecule has 2 N–H and O–H groups in total. The van der Waals surface area contributed by atoms with Crippen molar-refractivity contribution in [1.29, 1.82) is 0 Å². The summed E-state index contributed by atoms with van der Waals surface area (Å²) in [6.45, 7) is 1.35. The summed E-state index contributed by atoms with van der Waals surface area (Å²) in [6.07, 6.45) is 0. The quantitative estimate of drug-likeness (QED) is 0.0336. The number of rotatable bonds is 32. The molecule has 0 saturated heterocycles. The first-order valence-corrected chi connectivity index (χ1v) is 24.1. The van der Waals surface area contributed by atoms with E-state index in [-0.39, 0.29) is 23.0 Å². The molecule has 0 fully saturated rings. The van der Waals surface area contributed by atoms with Crippen molar-refractivity contribution in [2.45, 2.75) is 0 Å². The first kappa shape index (κ1) is 42.3. The fourth-order valence-corrected chi connectivity index (χ4v) is 11.7. The monoisotopic (exact) mass is 754 g/mol. The smallest absolute Gasteiger partial charge is 0.315 e. The summed E-state index contributed by atoms with van der Waals surface area (Å²) >= 11 is 14.3. The Morgan fingerprint density at radius 1 is 0.600 bits per heavy atom. The van der Waals surface area contributed by atoms with E-state index < -0.39 is 10.8 Å². The van der Waals surface area contributed by atoms with Crippen molar-refractivity contribution in [3.05, 3.63) is 0 Å². The summed E-state index contributed by atoms with van der Waals surface area (Å²) in [5, 5.41) is 18.9. The van der Waals surface area contributed by atoms with Crippen LogP contribution in [-0.4, -0.2) is 142 Å². The van der Waals surface area contributed by atoms with Gasteiger partial charge in [0.1, 0.15) is 6.61 Å². The Morgan fingerprint density at radius 3 is 1.85 bits per heavy atom. The molecule has 0 radical (unpaired) electrons. The third-order valence-electron chi connectivity index (χ3n) is 3.91. The number of ether oxygens (including phenoxy) is 1. The van der Waals surface area contributed by atoms with Crippen LogP contribution < -0.4 is 0 Å². The third-order valence-corrected chi connectivity index (χ3v) is 15.2. The molecule has 0 aromatic carbocycles. The van der Waals surface area contributed by atoms with Gasteiger partial charge in [-0.1, -0.05) is 11.8 Å². The molecule has 0 bridgehead atoms. The van der Waals surface area contributed by atoms with Crippen LogP contribution in [0.3, 0.4) is 0 Å². The Morgan fingerprint density at radius 2 is 1.15 bits per heavy atom. The molecular formula is C22H42O8S10. The van der Waals surface area contributed by atoms with E-state index >= 15 is 0 Å². The van der Waals surface area contributed by atoms with Gasteiger partial charge in [-0.05, 0) is 0 Å². The van der Waals surface area contributed by atoms with Crippen LogP contribution in [0.15, 0.2) is 0 Å². The zero-order chi connectivity index (χ0) is 29.4. The van der Waals surface area contributed by atoms with E-state index in [2.05, 4.69) is 0 Å². The molecule has 0 rings (SSSR count). The number of thioether (sulfide) groups is 9. The molecule has 40 heavy (non-hydrogen) atoms. The molecular weight excluding hydrogens is 713 g/mol. The average Bonchev–Trinajstić information content (AvgIpc) is 2.94.